The molecule has 1 saturated heterocycles. The van der Waals surface area contributed by atoms with Crippen molar-refractivity contribution in [3.05, 3.63) is 69.0 Å². The maximum absolute atomic E-state index is 12.8. The summed E-state index contributed by atoms with van der Waals surface area (Å²) >= 11 is 5.72. The Labute approximate surface area is 166 Å². The number of hydrogen-bond acceptors (Lipinski definition) is 5. The van der Waals surface area contributed by atoms with Crippen LogP contribution in [0.25, 0.3) is 0 Å². The lowest BCUT2D eigenvalue weighted by molar-refractivity contribution is -0.0792. The highest BCUT2D eigenvalue weighted by molar-refractivity contribution is 6.30. The van der Waals surface area contributed by atoms with E-state index in [-0.39, 0.29) is 12.0 Å². The Balaban J connectivity index is 2.12. The van der Waals surface area contributed by atoms with Gasteiger partial charge in [-0.3, -0.25) is 14.3 Å². The van der Waals surface area contributed by atoms with Crippen molar-refractivity contribution in [3.63, 3.8) is 0 Å². The van der Waals surface area contributed by atoms with E-state index < -0.39 is 29.0 Å². The predicted molar refractivity (Wildman–Crippen MR) is 103 cm³/mol. The zero-order valence-corrected chi connectivity index (χ0v) is 16.1. The first kappa shape index (κ1) is 19.9. The number of carbonyl (C=O) groups is 1. The van der Waals surface area contributed by atoms with Crippen LogP contribution in [0, 0.1) is 17.2 Å². The van der Waals surface area contributed by atoms with Gasteiger partial charge in [-0.2, -0.15) is 0 Å². The van der Waals surface area contributed by atoms with Crippen LogP contribution < -0.4 is 11.2 Å². The van der Waals surface area contributed by atoms with Gasteiger partial charge in [0.05, 0.1) is 11.7 Å². The van der Waals surface area contributed by atoms with Gasteiger partial charge in [-0.1, -0.05) is 32.0 Å². The summed E-state index contributed by atoms with van der Waals surface area (Å²) in [6, 6.07) is 9.62. The third-order valence-electron chi connectivity index (χ3n) is 4.92. The lowest BCUT2D eigenvalue weighted by atomic mass is 9.85. The van der Waals surface area contributed by atoms with E-state index in [1.807, 2.05) is 13.8 Å². The van der Waals surface area contributed by atoms with Gasteiger partial charge in [-0.25, -0.2) is 9.59 Å². The fourth-order valence-electron chi connectivity index (χ4n) is 3.42. The normalized spacial score (nSPS) is 26.3. The number of halogens is 1. The maximum Gasteiger partial charge on any atom is 0.339 e. The molecule has 0 radical (unpaired) electrons. The molecule has 1 aliphatic rings. The second-order valence-electron chi connectivity index (χ2n) is 6.51. The molecule has 2 heterocycles. The topological polar surface area (TPSA) is 90.4 Å². The third kappa shape index (κ3) is 3.49. The van der Waals surface area contributed by atoms with Crippen LogP contribution >= 0.6 is 11.6 Å². The number of hydrogen-bond donors (Lipinski definition) is 1. The zero-order chi connectivity index (χ0) is 20.3. The Bertz CT molecular complexity index is 1040. The molecule has 7 nitrogen and oxygen atoms in total. The first-order valence-electron chi connectivity index (χ1n) is 8.81. The van der Waals surface area contributed by atoms with Gasteiger partial charge in [0.15, 0.2) is 6.23 Å². The largest absolute Gasteiger partial charge is 0.437 e. The molecule has 1 aromatic carbocycles. The number of benzene rings is 1. The quantitative estimate of drug-likeness (QED) is 0.625. The summed E-state index contributed by atoms with van der Waals surface area (Å²) in [6.45, 7) is 3.74. The third-order valence-corrected chi connectivity index (χ3v) is 5.02. The number of carbonyl (C=O) groups excluding carboxylic acids is 1. The molecule has 8 heteroatoms. The van der Waals surface area contributed by atoms with E-state index in [4.69, 9.17) is 21.1 Å². The van der Waals surface area contributed by atoms with Crippen molar-refractivity contribution in [1.82, 2.24) is 9.55 Å². The van der Waals surface area contributed by atoms with Gasteiger partial charge in [-0.15, -0.1) is 0 Å². The van der Waals surface area contributed by atoms with Gasteiger partial charge in [0.1, 0.15) is 0 Å². The van der Waals surface area contributed by atoms with Crippen LogP contribution in [0.5, 0.6) is 0 Å². The molecule has 0 spiro atoms. The number of H-pyrrole nitrogens is 1. The van der Waals surface area contributed by atoms with Crippen molar-refractivity contribution < 1.29 is 14.3 Å². The van der Waals surface area contributed by atoms with E-state index in [1.165, 1.54) is 12.3 Å². The average Bonchev–Trinajstić information content (AvgIpc) is 2.95. The molecular formula is C20H19ClN2O5. The Hall–Kier alpha value is -2.82. The number of aromatic amines is 1. The van der Waals surface area contributed by atoms with Crippen molar-refractivity contribution in [2.45, 2.75) is 38.2 Å². The van der Waals surface area contributed by atoms with Crippen LogP contribution in [0.1, 0.15) is 36.9 Å². The Kier molecular flexibility index (Phi) is 5.73. The molecule has 1 aliphatic heterocycles. The summed E-state index contributed by atoms with van der Waals surface area (Å²) in [5, 5.41) is 2.29. The monoisotopic (exact) mass is 402 g/mol. The van der Waals surface area contributed by atoms with E-state index >= 15 is 0 Å². The van der Waals surface area contributed by atoms with Gasteiger partial charge in [0.25, 0.3) is 5.56 Å². The molecule has 28 heavy (non-hydrogen) atoms. The number of ether oxygens (including phenoxy) is 2. The van der Waals surface area contributed by atoms with E-state index in [2.05, 4.69) is 16.3 Å². The molecule has 0 amide bonds. The molecule has 2 aromatic rings. The molecule has 0 bridgehead atoms. The van der Waals surface area contributed by atoms with Crippen LogP contribution in [0.4, 0.5) is 0 Å². The van der Waals surface area contributed by atoms with E-state index in [1.54, 1.807) is 30.3 Å². The highest BCUT2D eigenvalue weighted by Gasteiger charge is 2.58. The summed E-state index contributed by atoms with van der Waals surface area (Å²) in [7, 11) is 0. The minimum absolute atomic E-state index is 0.331. The number of aromatic nitrogens is 2. The van der Waals surface area contributed by atoms with E-state index in [9.17, 15) is 14.4 Å². The number of esters is 1. The summed E-state index contributed by atoms with van der Waals surface area (Å²) in [4.78, 5) is 38.8. The van der Waals surface area contributed by atoms with Crippen molar-refractivity contribution in [1.29, 1.82) is 0 Å². The summed E-state index contributed by atoms with van der Waals surface area (Å²) in [5.41, 5.74) is -2.43. The fourth-order valence-corrected chi connectivity index (χ4v) is 3.57. The molecule has 0 unspecified atom stereocenters. The Morgan fingerprint density at radius 2 is 2.04 bits per heavy atom. The van der Waals surface area contributed by atoms with Gasteiger partial charge in [0.2, 0.25) is 5.60 Å². The van der Waals surface area contributed by atoms with Gasteiger partial charge in [0, 0.05) is 23.6 Å². The molecule has 4 atom stereocenters. The SMILES string of the molecule is CC[C@H]1O[C@@H](n2ccc(=O)[nH]c2=O)[C@](C#CCl)(OC(=O)c2ccccc2)[C@@H]1C. The predicted octanol–water partition coefficient (Wildman–Crippen LogP) is 2.28. The minimum Gasteiger partial charge on any atom is -0.437 e. The molecule has 1 fully saturated rings. The van der Waals surface area contributed by atoms with Crippen LogP contribution in [0.15, 0.2) is 52.2 Å². The Morgan fingerprint density at radius 3 is 2.64 bits per heavy atom. The van der Waals surface area contributed by atoms with E-state index in [0.29, 0.717) is 12.0 Å². The molecular weight excluding hydrogens is 384 g/mol. The highest BCUT2D eigenvalue weighted by atomic mass is 35.5. The van der Waals surface area contributed by atoms with Crippen molar-refractivity contribution >= 4 is 17.6 Å². The highest BCUT2D eigenvalue weighted by Crippen LogP contribution is 2.46. The minimum atomic E-state index is -1.52. The van der Waals surface area contributed by atoms with Crippen LogP contribution in [-0.4, -0.2) is 27.2 Å². The van der Waals surface area contributed by atoms with Crippen LogP contribution in [0.3, 0.4) is 0 Å². The van der Waals surface area contributed by atoms with Crippen molar-refractivity contribution in [2.24, 2.45) is 5.92 Å². The van der Waals surface area contributed by atoms with Gasteiger partial charge < -0.3 is 9.47 Å². The second kappa shape index (κ2) is 8.05. The molecule has 146 valence electrons. The van der Waals surface area contributed by atoms with Gasteiger partial charge >= 0.3 is 11.7 Å². The van der Waals surface area contributed by atoms with Gasteiger partial charge in [-0.05, 0) is 36.1 Å². The lowest BCUT2D eigenvalue weighted by Crippen LogP contribution is -2.47. The summed E-state index contributed by atoms with van der Waals surface area (Å²) in [5.74, 6) is 1.75. The number of nitrogens with zero attached hydrogens (tertiary/aromatic N) is 1. The smallest absolute Gasteiger partial charge is 0.339 e. The number of rotatable bonds is 4. The Morgan fingerprint density at radius 1 is 1.32 bits per heavy atom. The number of nitrogens with one attached hydrogen (secondary N) is 1. The summed E-state index contributed by atoms with van der Waals surface area (Å²) < 4.78 is 13.0. The molecule has 0 aliphatic carbocycles. The molecule has 1 N–H and O–H groups in total. The first-order chi connectivity index (χ1) is 13.4. The second-order valence-corrected chi connectivity index (χ2v) is 6.70. The van der Waals surface area contributed by atoms with Crippen molar-refractivity contribution in [3.8, 4) is 11.3 Å². The lowest BCUT2D eigenvalue weighted by Gasteiger charge is -2.32. The van der Waals surface area contributed by atoms with Crippen LogP contribution in [-0.2, 0) is 9.47 Å². The fraction of sp³-hybridized carbons (Fsp3) is 0.350. The van der Waals surface area contributed by atoms with Crippen molar-refractivity contribution in [2.75, 3.05) is 0 Å². The molecule has 3 rings (SSSR count). The van der Waals surface area contributed by atoms with Crippen LogP contribution in [0.2, 0.25) is 0 Å². The molecule has 1 aromatic heterocycles. The zero-order valence-electron chi connectivity index (χ0n) is 15.3. The maximum atomic E-state index is 12.8. The first-order valence-corrected chi connectivity index (χ1v) is 9.19. The summed E-state index contributed by atoms with van der Waals surface area (Å²) in [6.07, 6.45) is 0.475. The standard InChI is InChI=1S/C20H19ClN2O5/c1-3-15-13(2)20(10-11-21,28-17(25)14-7-5-4-6-8-14)18(27-15)23-12-9-16(24)22-19(23)26/h4-9,12-13,15,18H,3H2,1-2H3,(H,22,24,26)/t13-,15-,18-,20-/m1/s1. The average molecular weight is 403 g/mol. The van der Waals surface area contributed by atoms with E-state index in [0.717, 1.165) is 4.57 Å². The molecule has 0 saturated carbocycles.